The summed E-state index contributed by atoms with van der Waals surface area (Å²) in [5.74, 6) is -0.229. The summed E-state index contributed by atoms with van der Waals surface area (Å²) in [4.78, 5) is 20.6. The topological polar surface area (TPSA) is 75.1 Å². The first kappa shape index (κ1) is 14.6. The van der Waals surface area contributed by atoms with Crippen LogP contribution in [0.4, 0.5) is 0 Å². The van der Waals surface area contributed by atoms with Crippen molar-refractivity contribution >= 4 is 16.8 Å². The average molecular weight is 319 g/mol. The number of aromatic hydroxyl groups is 1. The number of carbonyl (C=O) groups is 1. The van der Waals surface area contributed by atoms with Crippen LogP contribution in [0, 0.1) is 0 Å². The second-order valence-electron chi connectivity index (χ2n) is 6.04. The monoisotopic (exact) mass is 319 g/mol. The van der Waals surface area contributed by atoms with Gasteiger partial charge in [-0.1, -0.05) is 24.3 Å². The van der Waals surface area contributed by atoms with Crippen molar-refractivity contribution < 1.29 is 9.90 Å². The molecule has 0 bridgehead atoms. The Morgan fingerprint density at radius 3 is 3.00 bits per heavy atom. The maximum atomic E-state index is 12.4. The quantitative estimate of drug-likeness (QED) is 0.778. The molecule has 4 rings (SSSR count). The molecule has 1 amide bonds. The summed E-state index contributed by atoms with van der Waals surface area (Å²) < 4.78 is 0. The summed E-state index contributed by atoms with van der Waals surface area (Å²) >= 11 is 0. The second-order valence-corrected chi connectivity index (χ2v) is 6.04. The van der Waals surface area contributed by atoms with Crippen LogP contribution in [-0.4, -0.2) is 27.5 Å². The lowest BCUT2D eigenvalue weighted by atomic mass is 10.0. The van der Waals surface area contributed by atoms with Crippen LogP contribution < -0.4 is 5.32 Å². The Balaban J connectivity index is 1.52. The molecule has 1 aliphatic carbocycles. The molecule has 2 aromatic heterocycles. The lowest BCUT2D eigenvalue weighted by molar-refractivity contribution is 0.0943. The number of aryl methyl sites for hydroxylation is 1. The number of rotatable bonds is 3. The van der Waals surface area contributed by atoms with Crippen LogP contribution in [0.1, 0.15) is 34.0 Å². The van der Waals surface area contributed by atoms with E-state index in [-0.39, 0.29) is 17.4 Å². The SMILES string of the molecule is O=C(NCC1CCc2ccccc21)c1ncc2cccnc2c1O. The number of hydrogen-bond donors (Lipinski definition) is 2. The van der Waals surface area contributed by atoms with Crippen LogP contribution in [0.5, 0.6) is 5.75 Å². The van der Waals surface area contributed by atoms with Gasteiger partial charge in [0.15, 0.2) is 11.4 Å². The number of pyridine rings is 2. The van der Waals surface area contributed by atoms with Crippen molar-refractivity contribution in [1.29, 1.82) is 0 Å². The molecule has 1 atom stereocenters. The third-order valence-corrected chi connectivity index (χ3v) is 4.60. The Morgan fingerprint density at radius 2 is 2.08 bits per heavy atom. The van der Waals surface area contributed by atoms with Crippen LogP contribution in [-0.2, 0) is 6.42 Å². The smallest absolute Gasteiger partial charge is 0.273 e. The average Bonchev–Trinajstić information content (AvgIpc) is 3.03. The van der Waals surface area contributed by atoms with E-state index < -0.39 is 0 Å². The number of nitrogens with one attached hydrogen (secondary N) is 1. The number of nitrogens with zero attached hydrogens (tertiary/aromatic N) is 2. The molecular weight excluding hydrogens is 302 g/mol. The molecule has 3 aromatic rings. The number of carbonyl (C=O) groups excluding carboxylic acids is 1. The van der Waals surface area contributed by atoms with Gasteiger partial charge in [0.1, 0.15) is 5.52 Å². The number of fused-ring (bicyclic) bond motifs is 2. The fourth-order valence-corrected chi connectivity index (χ4v) is 3.35. The number of hydrogen-bond acceptors (Lipinski definition) is 4. The molecule has 0 fully saturated rings. The van der Waals surface area contributed by atoms with Crippen LogP contribution in [0.2, 0.25) is 0 Å². The van der Waals surface area contributed by atoms with Crippen molar-refractivity contribution in [1.82, 2.24) is 15.3 Å². The largest absolute Gasteiger partial charge is 0.504 e. The summed E-state index contributed by atoms with van der Waals surface area (Å²) in [6.07, 6.45) is 5.21. The maximum absolute atomic E-state index is 12.4. The minimum Gasteiger partial charge on any atom is -0.504 e. The van der Waals surface area contributed by atoms with Crippen LogP contribution >= 0.6 is 0 Å². The van der Waals surface area contributed by atoms with Gasteiger partial charge in [0.2, 0.25) is 0 Å². The van der Waals surface area contributed by atoms with E-state index in [1.807, 2.05) is 12.1 Å². The van der Waals surface area contributed by atoms with Gasteiger partial charge in [0, 0.05) is 30.2 Å². The highest BCUT2D eigenvalue weighted by Gasteiger charge is 2.23. The van der Waals surface area contributed by atoms with E-state index in [0.717, 1.165) is 12.8 Å². The Labute approximate surface area is 139 Å². The fraction of sp³-hybridized carbons (Fsp3) is 0.211. The summed E-state index contributed by atoms with van der Waals surface area (Å²) in [6, 6.07) is 11.9. The molecule has 2 N–H and O–H groups in total. The number of aromatic nitrogens is 2. The third kappa shape index (κ3) is 2.48. The summed E-state index contributed by atoms with van der Waals surface area (Å²) in [5.41, 5.74) is 3.07. The molecule has 2 heterocycles. The highest BCUT2D eigenvalue weighted by Crippen LogP contribution is 2.32. The lowest BCUT2D eigenvalue weighted by Gasteiger charge is -2.13. The van der Waals surface area contributed by atoms with Gasteiger partial charge in [-0.2, -0.15) is 0 Å². The molecule has 1 aliphatic rings. The van der Waals surface area contributed by atoms with Gasteiger partial charge in [-0.15, -0.1) is 0 Å². The van der Waals surface area contributed by atoms with Gasteiger partial charge >= 0.3 is 0 Å². The van der Waals surface area contributed by atoms with Gasteiger partial charge < -0.3 is 10.4 Å². The maximum Gasteiger partial charge on any atom is 0.273 e. The van der Waals surface area contributed by atoms with E-state index in [1.165, 1.54) is 11.1 Å². The zero-order chi connectivity index (χ0) is 16.5. The molecule has 5 heteroatoms. The van der Waals surface area contributed by atoms with E-state index >= 15 is 0 Å². The van der Waals surface area contributed by atoms with E-state index in [1.54, 1.807) is 24.5 Å². The Hall–Kier alpha value is -2.95. The van der Waals surface area contributed by atoms with Crippen LogP contribution in [0.3, 0.4) is 0 Å². The molecule has 0 saturated heterocycles. The summed E-state index contributed by atoms with van der Waals surface area (Å²) in [7, 11) is 0. The van der Waals surface area contributed by atoms with Gasteiger partial charge in [-0.3, -0.25) is 9.78 Å². The van der Waals surface area contributed by atoms with Crippen molar-refractivity contribution in [3.63, 3.8) is 0 Å². The first-order valence-corrected chi connectivity index (χ1v) is 8.02. The molecule has 1 aromatic carbocycles. The standard InChI is InChI=1S/C19H17N3O2/c23-18-16-14(5-3-9-20-16)11-21-17(18)19(24)22-10-13-8-7-12-4-1-2-6-15(12)13/h1-6,9,11,13,23H,7-8,10H2,(H,22,24). The normalized spacial score (nSPS) is 16.1. The fourth-order valence-electron chi connectivity index (χ4n) is 3.35. The van der Waals surface area contributed by atoms with Gasteiger partial charge in [-0.05, 0) is 36.1 Å². The predicted molar refractivity (Wildman–Crippen MR) is 91.0 cm³/mol. The van der Waals surface area contributed by atoms with E-state index in [2.05, 4.69) is 27.4 Å². The van der Waals surface area contributed by atoms with Gasteiger partial charge in [0.25, 0.3) is 5.91 Å². The molecule has 120 valence electrons. The van der Waals surface area contributed by atoms with Crippen LogP contribution in [0.25, 0.3) is 10.9 Å². The van der Waals surface area contributed by atoms with Crippen molar-refractivity contribution in [2.75, 3.05) is 6.54 Å². The highest BCUT2D eigenvalue weighted by atomic mass is 16.3. The zero-order valence-electron chi connectivity index (χ0n) is 13.1. The molecule has 0 aliphatic heterocycles. The van der Waals surface area contributed by atoms with E-state index in [4.69, 9.17) is 0 Å². The number of benzene rings is 1. The van der Waals surface area contributed by atoms with Crippen molar-refractivity contribution in [2.24, 2.45) is 0 Å². The van der Waals surface area contributed by atoms with Gasteiger partial charge in [0.05, 0.1) is 0 Å². The number of amides is 1. The summed E-state index contributed by atoms with van der Waals surface area (Å²) in [5, 5.41) is 13.9. The lowest BCUT2D eigenvalue weighted by Crippen LogP contribution is -2.28. The van der Waals surface area contributed by atoms with Crippen molar-refractivity contribution in [3.8, 4) is 5.75 Å². The second kappa shape index (κ2) is 5.92. The Kier molecular flexibility index (Phi) is 3.61. The molecule has 1 unspecified atom stereocenters. The predicted octanol–water partition coefficient (Wildman–Crippen LogP) is 2.80. The molecule has 5 nitrogen and oxygen atoms in total. The first-order valence-electron chi connectivity index (χ1n) is 8.02. The Bertz CT molecular complexity index is 923. The van der Waals surface area contributed by atoms with E-state index in [9.17, 15) is 9.90 Å². The third-order valence-electron chi connectivity index (χ3n) is 4.60. The molecule has 0 spiro atoms. The van der Waals surface area contributed by atoms with Crippen molar-refractivity contribution in [3.05, 3.63) is 65.6 Å². The van der Waals surface area contributed by atoms with E-state index in [0.29, 0.717) is 23.4 Å². The Morgan fingerprint density at radius 1 is 1.21 bits per heavy atom. The highest BCUT2D eigenvalue weighted by molar-refractivity contribution is 6.00. The van der Waals surface area contributed by atoms with Crippen LogP contribution in [0.15, 0.2) is 48.8 Å². The minimum absolute atomic E-state index is 0.0208. The molecule has 0 radical (unpaired) electrons. The first-order chi connectivity index (χ1) is 11.7. The molecule has 24 heavy (non-hydrogen) atoms. The molecule has 0 saturated carbocycles. The van der Waals surface area contributed by atoms with Crippen molar-refractivity contribution in [2.45, 2.75) is 18.8 Å². The van der Waals surface area contributed by atoms with Gasteiger partial charge in [-0.25, -0.2) is 4.98 Å². The minimum atomic E-state index is -0.371. The molecular formula is C19H17N3O2. The summed E-state index contributed by atoms with van der Waals surface area (Å²) in [6.45, 7) is 0.539. The zero-order valence-corrected chi connectivity index (χ0v) is 13.1.